The first-order chi connectivity index (χ1) is 8.38. The van der Waals surface area contributed by atoms with E-state index in [9.17, 15) is 5.11 Å². The Morgan fingerprint density at radius 2 is 1.78 bits per heavy atom. The second-order valence-electron chi connectivity index (χ2n) is 6.49. The minimum Gasteiger partial charge on any atom is -0.379 e. The van der Waals surface area contributed by atoms with Crippen LogP contribution in [0.25, 0.3) is 0 Å². The van der Waals surface area contributed by atoms with Crippen LogP contribution in [0.2, 0.25) is 0 Å². The maximum absolute atomic E-state index is 9.69. The molecule has 0 bridgehead atoms. The fourth-order valence-corrected chi connectivity index (χ4v) is 3.51. The Kier molecular flexibility index (Phi) is 6.09. The van der Waals surface area contributed by atoms with Gasteiger partial charge in [0.15, 0.2) is 0 Å². The van der Waals surface area contributed by atoms with Crippen LogP contribution < -0.4 is 5.73 Å². The zero-order valence-electron chi connectivity index (χ0n) is 12.8. The second-order valence-corrected chi connectivity index (χ2v) is 6.49. The molecule has 3 heteroatoms. The molecule has 0 heterocycles. The molecular weight excluding hydrogens is 224 g/mol. The van der Waals surface area contributed by atoms with Gasteiger partial charge in [-0.1, -0.05) is 13.8 Å². The summed E-state index contributed by atoms with van der Waals surface area (Å²) in [7, 11) is 4.29. The quantitative estimate of drug-likeness (QED) is 0.687. The van der Waals surface area contributed by atoms with E-state index in [-0.39, 0.29) is 0 Å². The number of aliphatic hydroxyl groups excluding tert-OH is 1. The third kappa shape index (κ3) is 3.69. The minimum atomic E-state index is -0.638. The number of rotatable bonds is 7. The molecule has 0 radical (unpaired) electrons. The van der Waals surface area contributed by atoms with Gasteiger partial charge in [0.1, 0.15) is 6.23 Å². The van der Waals surface area contributed by atoms with Gasteiger partial charge in [-0.25, -0.2) is 0 Å². The molecule has 1 fully saturated rings. The lowest BCUT2D eigenvalue weighted by atomic mass is 9.60. The van der Waals surface area contributed by atoms with E-state index in [4.69, 9.17) is 5.73 Å². The molecule has 3 N–H and O–H groups in total. The SMILES string of the molecule is CCC(C1CC[C@@H]1C(C)CC(C)N(C)C)[C@@H](N)O. The van der Waals surface area contributed by atoms with Gasteiger partial charge in [-0.2, -0.15) is 0 Å². The Morgan fingerprint density at radius 3 is 2.11 bits per heavy atom. The van der Waals surface area contributed by atoms with Crippen molar-refractivity contribution in [2.24, 2.45) is 29.4 Å². The van der Waals surface area contributed by atoms with Crippen LogP contribution in [-0.4, -0.2) is 36.4 Å². The molecule has 4 unspecified atom stereocenters. The molecule has 6 atom stereocenters. The van der Waals surface area contributed by atoms with Gasteiger partial charge in [-0.15, -0.1) is 0 Å². The van der Waals surface area contributed by atoms with Crippen molar-refractivity contribution in [3.8, 4) is 0 Å². The van der Waals surface area contributed by atoms with E-state index in [2.05, 4.69) is 39.8 Å². The van der Waals surface area contributed by atoms with Gasteiger partial charge in [0, 0.05) is 12.0 Å². The number of aliphatic hydroxyl groups is 1. The number of nitrogens with zero attached hydrogens (tertiary/aromatic N) is 1. The van der Waals surface area contributed by atoms with Crippen LogP contribution in [0.3, 0.4) is 0 Å². The van der Waals surface area contributed by atoms with Crippen molar-refractivity contribution < 1.29 is 5.11 Å². The summed E-state index contributed by atoms with van der Waals surface area (Å²) in [4.78, 5) is 2.29. The lowest BCUT2D eigenvalue weighted by Crippen LogP contribution is -2.45. The summed E-state index contributed by atoms with van der Waals surface area (Å²) in [6, 6.07) is 0.629. The predicted molar refractivity (Wildman–Crippen MR) is 77.1 cm³/mol. The van der Waals surface area contributed by atoms with Crippen LogP contribution in [0.4, 0.5) is 0 Å². The normalized spacial score (nSPS) is 30.7. The maximum Gasteiger partial charge on any atom is 0.105 e. The van der Waals surface area contributed by atoms with Gasteiger partial charge in [0.25, 0.3) is 0 Å². The molecule has 1 rings (SSSR count). The van der Waals surface area contributed by atoms with Crippen molar-refractivity contribution >= 4 is 0 Å². The highest BCUT2D eigenvalue weighted by Gasteiger charge is 2.41. The van der Waals surface area contributed by atoms with E-state index < -0.39 is 6.23 Å². The van der Waals surface area contributed by atoms with E-state index in [1.807, 2.05) is 0 Å². The van der Waals surface area contributed by atoms with Crippen molar-refractivity contribution in [1.82, 2.24) is 4.90 Å². The Labute approximate surface area is 113 Å². The summed E-state index contributed by atoms with van der Waals surface area (Å²) < 4.78 is 0. The largest absolute Gasteiger partial charge is 0.379 e. The van der Waals surface area contributed by atoms with Crippen molar-refractivity contribution in [2.75, 3.05) is 14.1 Å². The lowest BCUT2D eigenvalue weighted by Gasteiger charge is -2.46. The van der Waals surface area contributed by atoms with Crippen LogP contribution in [0.5, 0.6) is 0 Å². The van der Waals surface area contributed by atoms with Gasteiger partial charge < -0.3 is 15.7 Å². The molecule has 1 saturated carbocycles. The molecule has 1 aliphatic rings. The summed E-state index contributed by atoms with van der Waals surface area (Å²) in [6.45, 7) is 6.80. The zero-order chi connectivity index (χ0) is 13.9. The molecular formula is C15H32N2O. The monoisotopic (exact) mass is 256 g/mol. The molecule has 18 heavy (non-hydrogen) atoms. The zero-order valence-corrected chi connectivity index (χ0v) is 12.8. The molecule has 0 spiro atoms. The van der Waals surface area contributed by atoms with E-state index in [1.165, 1.54) is 19.3 Å². The average Bonchev–Trinajstić information content (AvgIpc) is 2.22. The van der Waals surface area contributed by atoms with Gasteiger partial charge in [-0.05, 0) is 64.5 Å². The fourth-order valence-electron chi connectivity index (χ4n) is 3.51. The van der Waals surface area contributed by atoms with Crippen molar-refractivity contribution in [2.45, 2.75) is 58.7 Å². The summed E-state index contributed by atoms with van der Waals surface area (Å²) in [5.74, 6) is 2.42. The van der Waals surface area contributed by atoms with Crippen LogP contribution >= 0.6 is 0 Å². The highest BCUT2D eigenvalue weighted by Crippen LogP contribution is 2.46. The molecule has 0 saturated heterocycles. The number of nitrogens with two attached hydrogens (primary N) is 1. The van der Waals surface area contributed by atoms with Crippen molar-refractivity contribution in [3.63, 3.8) is 0 Å². The Morgan fingerprint density at radius 1 is 1.22 bits per heavy atom. The Hall–Kier alpha value is -0.120. The lowest BCUT2D eigenvalue weighted by molar-refractivity contribution is -0.0176. The topological polar surface area (TPSA) is 49.5 Å². The summed E-state index contributed by atoms with van der Waals surface area (Å²) in [5, 5.41) is 9.69. The first kappa shape index (κ1) is 15.9. The van der Waals surface area contributed by atoms with E-state index >= 15 is 0 Å². The summed E-state index contributed by atoms with van der Waals surface area (Å²) >= 11 is 0. The van der Waals surface area contributed by atoms with Crippen LogP contribution in [0.15, 0.2) is 0 Å². The van der Waals surface area contributed by atoms with Gasteiger partial charge in [-0.3, -0.25) is 0 Å². The molecule has 0 aliphatic heterocycles. The minimum absolute atomic E-state index is 0.292. The summed E-state index contributed by atoms with van der Waals surface area (Å²) in [6.07, 6.45) is 4.16. The van der Waals surface area contributed by atoms with Gasteiger partial charge in [0.2, 0.25) is 0 Å². The van der Waals surface area contributed by atoms with Gasteiger partial charge in [0.05, 0.1) is 0 Å². The fraction of sp³-hybridized carbons (Fsp3) is 1.00. The highest BCUT2D eigenvalue weighted by molar-refractivity contribution is 4.90. The highest BCUT2D eigenvalue weighted by atomic mass is 16.3. The van der Waals surface area contributed by atoms with Crippen LogP contribution in [0.1, 0.15) is 46.5 Å². The van der Waals surface area contributed by atoms with E-state index in [0.717, 1.165) is 18.3 Å². The second kappa shape index (κ2) is 6.88. The van der Waals surface area contributed by atoms with Gasteiger partial charge >= 0.3 is 0 Å². The Balaban J connectivity index is 2.51. The smallest absolute Gasteiger partial charge is 0.105 e. The van der Waals surface area contributed by atoms with E-state index in [0.29, 0.717) is 17.9 Å². The van der Waals surface area contributed by atoms with Crippen LogP contribution in [0, 0.1) is 23.7 Å². The molecule has 108 valence electrons. The summed E-state index contributed by atoms with van der Waals surface area (Å²) in [5.41, 5.74) is 5.72. The van der Waals surface area contributed by atoms with Crippen molar-refractivity contribution in [1.29, 1.82) is 0 Å². The third-order valence-corrected chi connectivity index (χ3v) is 5.17. The molecule has 0 amide bonds. The molecule has 3 nitrogen and oxygen atoms in total. The first-order valence-electron chi connectivity index (χ1n) is 7.48. The Bertz CT molecular complexity index is 243. The maximum atomic E-state index is 9.69. The first-order valence-corrected chi connectivity index (χ1v) is 7.48. The number of hydrogen-bond donors (Lipinski definition) is 2. The number of hydrogen-bond acceptors (Lipinski definition) is 3. The molecule has 1 aliphatic carbocycles. The van der Waals surface area contributed by atoms with Crippen molar-refractivity contribution in [3.05, 3.63) is 0 Å². The van der Waals surface area contributed by atoms with E-state index in [1.54, 1.807) is 0 Å². The standard InChI is InChI=1S/C15H32N2O/c1-6-12(15(16)18)14-8-7-13(14)10(2)9-11(3)17(4)5/h10-15,18H,6-9,16H2,1-5H3/t10?,11?,12?,13-,14?,15+/m1/s1. The molecule has 0 aromatic rings. The van der Waals surface area contributed by atoms with Crippen LogP contribution in [-0.2, 0) is 0 Å². The molecule has 0 aromatic carbocycles. The molecule has 0 aromatic heterocycles. The predicted octanol–water partition coefficient (Wildman–Crippen LogP) is 2.29. The third-order valence-electron chi connectivity index (χ3n) is 5.17. The average molecular weight is 256 g/mol.